The van der Waals surface area contributed by atoms with E-state index in [0.29, 0.717) is 24.0 Å². The second-order valence-corrected chi connectivity index (χ2v) is 6.78. The molecule has 2 heterocycles. The molecule has 0 unspecified atom stereocenters. The molecule has 0 bridgehead atoms. The van der Waals surface area contributed by atoms with E-state index in [1.165, 1.54) is 12.4 Å². The lowest BCUT2D eigenvalue weighted by molar-refractivity contribution is -0.130. The number of nitrogens with one attached hydrogen (secondary N) is 2. The molecule has 148 valence electrons. The average molecular weight is 383 g/mol. The number of anilines is 1. The predicted molar refractivity (Wildman–Crippen MR) is 105 cm³/mol. The van der Waals surface area contributed by atoms with Crippen molar-refractivity contribution >= 4 is 17.9 Å². The van der Waals surface area contributed by atoms with Crippen molar-refractivity contribution in [2.45, 2.75) is 26.2 Å². The molecule has 2 N–H and O–H groups in total. The summed E-state index contributed by atoms with van der Waals surface area (Å²) in [5, 5.41) is 5.44. The van der Waals surface area contributed by atoms with Crippen LogP contribution in [0.15, 0.2) is 42.7 Å². The lowest BCUT2D eigenvalue weighted by atomic mass is 9.93. The summed E-state index contributed by atoms with van der Waals surface area (Å²) in [6.07, 6.45) is 5.88. The van der Waals surface area contributed by atoms with Crippen molar-refractivity contribution in [3.05, 3.63) is 42.7 Å². The van der Waals surface area contributed by atoms with Gasteiger partial charge in [0.2, 0.25) is 11.9 Å². The maximum absolute atomic E-state index is 12.0. The largest absolute Gasteiger partial charge is 0.454 e. The molecule has 1 saturated heterocycles. The molecule has 8 heteroatoms. The number of carbonyl (C=O) groups is 2. The van der Waals surface area contributed by atoms with Crippen molar-refractivity contribution in [1.29, 1.82) is 0 Å². The Morgan fingerprint density at radius 2 is 1.79 bits per heavy atom. The van der Waals surface area contributed by atoms with Gasteiger partial charge in [-0.2, -0.15) is 0 Å². The average Bonchev–Trinajstić information content (AvgIpc) is 2.71. The second-order valence-electron chi connectivity index (χ2n) is 6.78. The molecule has 1 aromatic heterocycles. The summed E-state index contributed by atoms with van der Waals surface area (Å²) in [5.41, 5.74) is 0. The van der Waals surface area contributed by atoms with E-state index < -0.39 is 0 Å². The molecule has 8 nitrogen and oxygen atoms in total. The molecule has 3 rings (SSSR count). The fraction of sp³-hybridized carbons (Fsp3) is 0.400. The SMILES string of the molecule is CC(=O)N1CCC(CCNC(=O)Nc2ncc(Oc3ccccc3)cn2)CC1. The van der Waals surface area contributed by atoms with E-state index in [4.69, 9.17) is 4.74 Å². The number of amides is 3. The van der Waals surface area contributed by atoms with Gasteiger partial charge in [0, 0.05) is 26.6 Å². The van der Waals surface area contributed by atoms with Crippen LogP contribution in [0.3, 0.4) is 0 Å². The van der Waals surface area contributed by atoms with Crippen LogP contribution in [0.2, 0.25) is 0 Å². The fourth-order valence-electron chi connectivity index (χ4n) is 3.13. The zero-order valence-corrected chi connectivity index (χ0v) is 15.9. The standard InChI is InChI=1S/C20H25N5O3/c1-15(26)25-11-8-16(9-12-25)7-10-21-20(27)24-19-22-13-18(14-23-19)28-17-5-3-2-4-6-17/h2-6,13-14,16H,7-12H2,1H3,(H2,21,22,23,24,27). The van der Waals surface area contributed by atoms with Gasteiger partial charge in [-0.15, -0.1) is 0 Å². The zero-order chi connectivity index (χ0) is 19.8. The van der Waals surface area contributed by atoms with Crippen LogP contribution < -0.4 is 15.4 Å². The number of carbonyl (C=O) groups excluding carboxylic acids is 2. The van der Waals surface area contributed by atoms with E-state index in [2.05, 4.69) is 20.6 Å². The molecule has 2 aromatic rings. The molecule has 0 saturated carbocycles. The minimum Gasteiger partial charge on any atom is -0.454 e. The Kier molecular flexibility index (Phi) is 6.78. The topological polar surface area (TPSA) is 96.5 Å². The molecule has 1 aromatic carbocycles. The first-order valence-corrected chi connectivity index (χ1v) is 9.45. The molecular weight excluding hydrogens is 358 g/mol. The number of rotatable bonds is 6. The van der Waals surface area contributed by atoms with E-state index in [0.717, 1.165) is 32.4 Å². The number of likely N-dealkylation sites (tertiary alicyclic amines) is 1. The first-order chi connectivity index (χ1) is 13.6. The van der Waals surface area contributed by atoms with Gasteiger partial charge in [0.15, 0.2) is 5.75 Å². The molecule has 3 amide bonds. The van der Waals surface area contributed by atoms with E-state index in [9.17, 15) is 9.59 Å². The molecule has 0 aliphatic carbocycles. The lowest BCUT2D eigenvalue weighted by Crippen LogP contribution is -2.38. The quantitative estimate of drug-likeness (QED) is 0.799. The van der Waals surface area contributed by atoms with Gasteiger partial charge in [0.1, 0.15) is 5.75 Å². The monoisotopic (exact) mass is 383 g/mol. The summed E-state index contributed by atoms with van der Waals surface area (Å²) in [6, 6.07) is 9.00. The summed E-state index contributed by atoms with van der Waals surface area (Å²) in [4.78, 5) is 33.4. The molecule has 1 aliphatic rings. The highest BCUT2D eigenvalue weighted by atomic mass is 16.5. The Morgan fingerprint density at radius 3 is 2.43 bits per heavy atom. The number of benzene rings is 1. The van der Waals surface area contributed by atoms with Gasteiger partial charge in [-0.1, -0.05) is 18.2 Å². The van der Waals surface area contributed by atoms with Gasteiger partial charge in [0.25, 0.3) is 0 Å². The minimum absolute atomic E-state index is 0.135. The zero-order valence-electron chi connectivity index (χ0n) is 15.9. The molecule has 0 radical (unpaired) electrons. The van der Waals surface area contributed by atoms with E-state index >= 15 is 0 Å². The summed E-state index contributed by atoms with van der Waals surface area (Å²) < 4.78 is 5.61. The maximum atomic E-state index is 12.0. The highest BCUT2D eigenvalue weighted by molar-refractivity contribution is 5.87. The summed E-state index contributed by atoms with van der Waals surface area (Å²) in [5.74, 6) is 2.07. The highest BCUT2D eigenvalue weighted by Gasteiger charge is 2.20. The molecule has 1 aliphatic heterocycles. The van der Waals surface area contributed by atoms with E-state index in [-0.39, 0.29) is 17.9 Å². The Morgan fingerprint density at radius 1 is 1.11 bits per heavy atom. The lowest BCUT2D eigenvalue weighted by Gasteiger charge is -2.31. The maximum Gasteiger partial charge on any atom is 0.321 e. The third kappa shape index (κ3) is 5.94. The smallest absolute Gasteiger partial charge is 0.321 e. The number of hydrogen-bond donors (Lipinski definition) is 2. The highest BCUT2D eigenvalue weighted by Crippen LogP contribution is 2.20. The van der Waals surface area contributed by atoms with Crippen LogP contribution in [0.1, 0.15) is 26.2 Å². The predicted octanol–water partition coefficient (Wildman–Crippen LogP) is 3.04. The molecular formula is C20H25N5O3. The normalized spacial score (nSPS) is 14.4. The summed E-state index contributed by atoms with van der Waals surface area (Å²) in [6.45, 7) is 3.79. The molecule has 28 heavy (non-hydrogen) atoms. The van der Waals surface area contributed by atoms with Crippen molar-refractivity contribution in [1.82, 2.24) is 20.2 Å². The van der Waals surface area contributed by atoms with Crippen molar-refractivity contribution in [3.63, 3.8) is 0 Å². The first kappa shape index (κ1) is 19.6. The van der Waals surface area contributed by atoms with Crippen molar-refractivity contribution in [2.24, 2.45) is 5.92 Å². The molecule has 0 spiro atoms. The minimum atomic E-state index is -0.335. The number of nitrogens with zero attached hydrogens (tertiary/aromatic N) is 3. The van der Waals surface area contributed by atoms with Gasteiger partial charge in [0.05, 0.1) is 12.4 Å². The summed E-state index contributed by atoms with van der Waals surface area (Å²) >= 11 is 0. The van der Waals surface area contributed by atoms with Crippen molar-refractivity contribution < 1.29 is 14.3 Å². The van der Waals surface area contributed by atoms with Crippen LogP contribution in [-0.4, -0.2) is 46.4 Å². The number of urea groups is 1. The van der Waals surface area contributed by atoms with E-state index in [1.807, 2.05) is 35.2 Å². The molecule has 1 fully saturated rings. The van der Waals surface area contributed by atoms with Crippen LogP contribution in [0, 0.1) is 5.92 Å². The third-order valence-electron chi connectivity index (χ3n) is 4.73. The molecule has 0 atom stereocenters. The Balaban J connectivity index is 1.36. The van der Waals surface area contributed by atoms with Crippen LogP contribution in [0.5, 0.6) is 11.5 Å². The van der Waals surface area contributed by atoms with Crippen LogP contribution in [-0.2, 0) is 4.79 Å². The van der Waals surface area contributed by atoms with Crippen LogP contribution in [0.4, 0.5) is 10.7 Å². The number of hydrogen-bond acceptors (Lipinski definition) is 5. The van der Waals surface area contributed by atoms with Crippen LogP contribution in [0.25, 0.3) is 0 Å². The third-order valence-corrected chi connectivity index (χ3v) is 4.73. The Hall–Kier alpha value is -3.16. The Labute approximate surface area is 164 Å². The van der Waals surface area contributed by atoms with Gasteiger partial charge in [-0.25, -0.2) is 14.8 Å². The second kappa shape index (κ2) is 9.68. The Bertz CT molecular complexity index is 774. The van der Waals surface area contributed by atoms with Crippen molar-refractivity contribution in [2.75, 3.05) is 25.0 Å². The van der Waals surface area contributed by atoms with Gasteiger partial charge < -0.3 is 15.0 Å². The van der Waals surface area contributed by atoms with E-state index in [1.54, 1.807) is 6.92 Å². The number of piperidine rings is 1. The fourth-order valence-corrected chi connectivity index (χ4v) is 3.13. The summed E-state index contributed by atoms with van der Waals surface area (Å²) in [7, 11) is 0. The van der Waals surface area contributed by atoms with Crippen molar-refractivity contribution in [3.8, 4) is 11.5 Å². The van der Waals surface area contributed by atoms with Crippen LogP contribution >= 0.6 is 0 Å². The van der Waals surface area contributed by atoms with Gasteiger partial charge in [-0.05, 0) is 37.3 Å². The number of ether oxygens (including phenoxy) is 1. The van der Waals surface area contributed by atoms with Gasteiger partial charge >= 0.3 is 6.03 Å². The first-order valence-electron chi connectivity index (χ1n) is 9.45. The number of aromatic nitrogens is 2. The van der Waals surface area contributed by atoms with Gasteiger partial charge in [-0.3, -0.25) is 10.1 Å². The number of para-hydroxylation sites is 1.